The van der Waals surface area contributed by atoms with Crippen molar-refractivity contribution < 1.29 is 24.2 Å². The molecule has 1 amide bonds. The molecule has 2 atom stereocenters. The van der Waals surface area contributed by atoms with Gasteiger partial charge in [-0.2, -0.15) is 0 Å². The van der Waals surface area contributed by atoms with Crippen molar-refractivity contribution in [2.45, 2.75) is 51.3 Å². The van der Waals surface area contributed by atoms with Crippen molar-refractivity contribution in [3.05, 3.63) is 0 Å². The number of methoxy groups -OCH3 is 1. The molecule has 0 radical (unpaired) electrons. The molecule has 0 aromatic rings. The Kier molecular flexibility index (Phi) is 4.56. The first kappa shape index (κ1) is 14.8. The molecule has 1 fully saturated rings. The number of carboxylic acids is 1. The normalized spacial score (nSPS) is 24.1. The van der Waals surface area contributed by atoms with E-state index < -0.39 is 23.7 Å². The second-order valence-corrected chi connectivity index (χ2v) is 5.43. The number of rotatable bonds is 3. The number of carboxylic acid groups (broad SMARTS) is 1. The third-order valence-corrected chi connectivity index (χ3v) is 2.75. The Balaban J connectivity index is 2.82. The van der Waals surface area contributed by atoms with Crippen LogP contribution in [0.3, 0.4) is 0 Å². The Hall–Kier alpha value is -1.30. The number of hydrogen-bond acceptors (Lipinski definition) is 4. The van der Waals surface area contributed by atoms with Crippen LogP contribution in [0, 0.1) is 0 Å². The molecule has 1 aliphatic rings. The Morgan fingerprint density at radius 1 is 1.33 bits per heavy atom. The molecule has 1 N–H and O–H groups in total. The molecule has 0 saturated carbocycles. The minimum Gasteiger partial charge on any atom is -0.480 e. The molecule has 0 aliphatic carbocycles. The van der Waals surface area contributed by atoms with Gasteiger partial charge in [0.15, 0.2) is 0 Å². The van der Waals surface area contributed by atoms with E-state index in [1.165, 1.54) is 12.0 Å². The first-order valence-corrected chi connectivity index (χ1v) is 5.99. The highest BCUT2D eigenvalue weighted by molar-refractivity contribution is 5.81. The quantitative estimate of drug-likeness (QED) is 0.831. The standard InChI is InChI=1S/C12H21NO5/c1-12(2,3)18-11(16)13-8(7-17-4)5-6-9(13)10(14)15/h8-9H,5-7H2,1-4H3,(H,14,15)/t8-,9-/m0/s1. The summed E-state index contributed by atoms with van der Waals surface area (Å²) in [5.41, 5.74) is -0.639. The van der Waals surface area contributed by atoms with Crippen molar-refractivity contribution in [2.75, 3.05) is 13.7 Å². The predicted octanol–water partition coefficient (Wildman–Crippen LogP) is 1.49. The molecule has 0 unspecified atom stereocenters. The average molecular weight is 259 g/mol. The van der Waals surface area contributed by atoms with Gasteiger partial charge in [0.2, 0.25) is 0 Å². The molecule has 1 heterocycles. The van der Waals surface area contributed by atoms with Crippen LogP contribution in [0.2, 0.25) is 0 Å². The van der Waals surface area contributed by atoms with Crippen molar-refractivity contribution in [1.82, 2.24) is 4.90 Å². The van der Waals surface area contributed by atoms with E-state index in [0.29, 0.717) is 19.4 Å². The van der Waals surface area contributed by atoms with Gasteiger partial charge < -0.3 is 14.6 Å². The lowest BCUT2D eigenvalue weighted by Gasteiger charge is -2.30. The van der Waals surface area contributed by atoms with Crippen LogP contribution in [0.5, 0.6) is 0 Å². The fraction of sp³-hybridized carbons (Fsp3) is 0.833. The van der Waals surface area contributed by atoms with Crippen LogP contribution in [0.1, 0.15) is 33.6 Å². The first-order chi connectivity index (χ1) is 8.26. The molecule has 104 valence electrons. The molecule has 6 heteroatoms. The van der Waals surface area contributed by atoms with Crippen LogP contribution in [-0.2, 0) is 14.3 Å². The number of aliphatic carboxylic acids is 1. The van der Waals surface area contributed by atoms with Crippen LogP contribution >= 0.6 is 0 Å². The highest BCUT2D eigenvalue weighted by Crippen LogP contribution is 2.27. The van der Waals surface area contributed by atoms with E-state index in [-0.39, 0.29) is 6.04 Å². The second kappa shape index (κ2) is 5.56. The number of hydrogen-bond donors (Lipinski definition) is 1. The average Bonchev–Trinajstić information content (AvgIpc) is 2.59. The number of carbonyl (C=O) groups is 2. The van der Waals surface area contributed by atoms with Gasteiger partial charge in [0.25, 0.3) is 0 Å². The lowest BCUT2D eigenvalue weighted by molar-refractivity contribution is -0.142. The molecular weight excluding hydrogens is 238 g/mol. The van der Waals surface area contributed by atoms with E-state index in [4.69, 9.17) is 14.6 Å². The summed E-state index contributed by atoms with van der Waals surface area (Å²) in [4.78, 5) is 24.5. The Labute approximate surface area is 107 Å². The number of amides is 1. The zero-order valence-corrected chi connectivity index (χ0v) is 11.3. The van der Waals surface area contributed by atoms with E-state index in [2.05, 4.69) is 0 Å². The molecule has 1 aliphatic heterocycles. The van der Waals surface area contributed by atoms with Gasteiger partial charge in [0.05, 0.1) is 12.6 Å². The van der Waals surface area contributed by atoms with Gasteiger partial charge in [-0.05, 0) is 33.6 Å². The van der Waals surface area contributed by atoms with Crippen molar-refractivity contribution in [1.29, 1.82) is 0 Å². The highest BCUT2D eigenvalue weighted by Gasteiger charge is 2.42. The van der Waals surface area contributed by atoms with Crippen LogP contribution in [0.15, 0.2) is 0 Å². The maximum absolute atomic E-state index is 12.0. The number of likely N-dealkylation sites (tertiary alicyclic amines) is 1. The van der Waals surface area contributed by atoms with E-state index in [1.54, 1.807) is 20.8 Å². The lowest BCUT2D eigenvalue weighted by atomic mass is 10.2. The van der Waals surface area contributed by atoms with E-state index in [9.17, 15) is 9.59 Å². The van der Waals surface area contributed by atoms with Crippen LogP contribution in [-0.4, -0.2) is 53.5 Å². The van der Waals surface area contributed by atoms with Gasteiger partial charge in [0.1, 0.15) is 11.6 Å². The fourth-order valence-electron chi connectivity index (χ4n) is 2.07. The van der Waals surface area contributed by atoms with Gasteiger partial charge in [-0.3, -0.25) is 4.90 Å². The summed E-state index contributed by atoms with van der Waals surface area (Å²) >= 11 is 0. The molecular formula is C12H21NO5. The van der Waals surface area contributed by atoms with E-state index in [0.717, 1.165) is 0 Å². The summed E-state index contributed by atoms with van der Waals surface area (Å²) in [5, 5.41) is 9.13. The Morgan fingerprint density at radius 3 is 2.39 bits per heavy atom. The van der Waals surface area contributed by atoms with Crippen molar-refractivity contribution >= 4 is 12.1 Å². The molecule has 0 aromatic heterocycles. The number of nitrogens with zero attached hydrogens (tertiary/aromatic N) is 1. The van der Waals surface area contributed by atoms with Crippen LogP contribution in [0.4, 0.5) is 4.79 Å². The van der Waals surface area contributed by atoms with Crippen molar-refractivity contribution in [3.63, 3.8) is 0 Å². The van der Waals surface area contributed by atoms with Crippen molar-refractivity contribution in [3.8, 4) is 0 Å². The molecule has 6 nitrogen and oxygen atoms in total. The second-order valence-electron chi connectivity index (χ2n) is 5.43. The van der Waals surface area contributed by atoms with Crippen LogP contribution < -0.4 is 0 Å². The zero-order valence-electron chi connectivity index (χ0n) is 11.3. The summed E-state index contributed by atoms with van der Waals surface area (Å²) in [6.45, 7) is 5.58. The van der Waals surface area contributed by atoms with Gasteiger partial charge in [-0.15, -0.1) is 0 Å². The third-order valence-electron chi connectivity index (χ3n) is 2.75. The maximum atomic E-state index is 12.0. The summed E-state index contributed by atoms with van der Waals surface area (Å²) in [5.74, 6) is -1.00. The molecule has 1 saturated heterocycles. The highest BCUT2D eigenvalue weighted by atomic mass is 16.6. The molecule has 1 rings (SSSR count). The lowest BCUT2D eigenvalue weighted by Crippen LogP contribution is -2.48. The minimum atomic E-state index is -1.00. The van der Waals surface area contributed by atoms with Crippen LogP contribution in [0.25, 0.3) is 0 Å². The fourth-order valence-corrected chi connectivity index (χ4v) is 2.07. The predicted molar refractivity (Wildman–Crippen MR) is 64.4 cm³/mol. The molecule has 0 bridgehead atoms. The summed E-state index contributed by atoms with van der Waals surface area (Å²) in [6, 6.07) is -1.05. The smallest absolute Gasteiger partial charge is 0.411 e. The summed E-state index contributed by atoms with van der Waals surface area (Å²) in [6.07, 6.45) is 0.460. The van der Waals surface area contributed by atoms with Gasteiger partial charge >= 0.3 is 12.1 Å². The monoisotopic (exact) mass is 259 g/mol. The molecule has 0 aromatic carbocycles. The van der Waals surface area contributed by atoms with Crippen molar-refractivity contribution in [2.24, 2.45) is 0 Å². The molecule has 0 spiro atoms. The Bertz CT molecular complexity index is 323. The third kappa shape index (κ3) is 3.60. The van der Waals surface area contributed by atoms with E-state index in [1.807, 2.05) is 0 Å². The first-order valence-electron chi connectivity index (χ1n) is 5.99. The van der Waals surface area contributed by atoms with Gasteiger partial charge in [-0.25, -0.2) is 9.59 Å². The maximum Gasteiger partial charge on any atom is 0.411 e. The largest absolute Gasteiger partial charge is 0.480 e. The topological polar surface area (TPSA) is 76.1 Å². The molecule has 18 heavy (non-hydrogen) atoms. The number of carbonyl (C=O) groups excluding carboxylic acids is 1. The summed E-state index contributed by atoms with van der Waals surface area (Å²) in [7, 11) is 1.53. The minimum absolute atomic E-state index is 0.231. The van der Waals surface area contributed by atoms with Gasteiger partial charge in [-0.1, -0.05) is 0 Å². The Morgan fingerprint density at radius 2 is 1.94 bits per heavy atom. The van der Waals surface area contributed by atoms with E-state index >= 15 is 0 Å². The summed E-state index contributed by atoms with van der Waals surface area (Å²) < 4.78 is 10.3. The number of ether oxygens (including phenoxy) is 2. The zero-order chi connectivity index (χ0) is 13.9. The van der Waals surface area contributed by atoms with Gasteiger partial charge in [0, 0.05) is 7.11 Å². The SMILES string of the molecule is COC[C@@H]1CC[C@@H](C(=O)O)N1C(=O)OC(C)(C)C.